The Balaban J connectivity index is 1.38. The van der Waals surface area contributed by atoms with Gasteiger partial charge in [-0.1, -0.05) is 79.7 Å². The molecular weight excluding hydrogens is 945 g/mol. The fraction of sp³-hybridized carbons (Fsp3) is 0.404. The van der Waals surface area contributed by atoms with Gasteiger partial charge in [-0.05, 0) is 74.6 Å². The lowest BCUT2D eigenvalue weighted by molar-refractivity contribution is -0.310. The third-order valence-electron chi connectivity index (χ3n) is 11.2. The predicted octanol–water partition coefficient (Wildman–Crippen LogP) is 5.92. The first-order chi connectivity index (χ1) is 34.1. The maximum atomic E-state index is 14.1. The number of carbonyl (C=O) groups is 7. The van der Waals surface area contributed by atoms with Crippen molar-refractivity contribution in [2.24, 2.45) is 5.41 Å². The number of aliphatic hydroxyl groups excluding tert-OH is 1. The summed E-state index contributed by atoms with van der Waals surface area (Å²) in [6.07, 6.45) is -14.4. The molecule has 2 heterocycles. The van der Waals surface area contributed by atoms with Crippen LogP contribution >= 0.6 is 11.8 Å². The molecule has 0 amide bonds. The van der Waals surface area contributed by atoms with Gasteiger partial charge in [0.05, 0.1) is 40.9 Å². The fourth-order valence-electron chi connectivity index (χ4n) is 7.48. The zero-order valence-electron chi connectivity index (χ0n) is 39.7. The Hall–Kier alpha value is -6.64. The molecule has 1 N–H and O–H groups in total. The summed E-state index contributed by atoms with van der Waals surface area (Å²) < 4.78 is 59.9. The fourth-order valence-corrected chi connectivity index (χ4v) is 8.43. The lowest BCUT2D eigenvalue weighted by Crippen LogP contribution is -2.64. The van der Waals surface area contributed by atoms with Gasteiger partial charge in [0.25, 0.3) is 0 Å². The Bertz CT molecular complexity index is 2420. The van der Waals surface area contributed by atoms with Gasteiger partial charge in [-0.3, -0.25) is 14.4 Å². The van der Waals surface area contributed by atoms with Crippen molar-refractivity contribution in [2.75, 3.05) is 25.6 Å². The molecule has 2 aliphatic heterocycles. The van der Waals surface area contributed by atoms with Gasteiger partial charge in [-0.25, -0.2) is 19.2 Å². The highest BCUT2D eigenvalue weighted by Crippen LogP contribution is 2.37. The van der Waals surface area contributed by atoms with Crippen LogP contribution in [0, 0.1) is 5.41 Å². The Morgan fingerprint density at radius 2 is 1.00 bits per heavy atom. The molecule has 0 saturated carbocycles. The summed E-state index contributed by atoms with van der Waals surface area (Å²) in [5.74, 6) is -5.27. The third kappa shape index (κ3) is 14.7. The van der Waals surface area contributed by atoms with Crippen molar-refractivity contribution in [1.29, 1.82) is 0 Å². The van der Waals surface area contributed by atoms with E-state index in [9.17, 15) is 38.7 Å². The molecule has 71 heavy (non-hydrogen) atoms. The van der Waals surface area contributed by atoms with Crippen LogP contribution in [0.4, 0.5) is 0 Å². The van der Waals surface area contributed by atoms with Gasteiger partial charge in [0.15, 0.2) is 36.8 Å². The lowest BCUT2D eigenvalue weighted by atomic mass is 9.89. The summed E-state index contributed by atoms with van der Waals surface area (Å²) >= 11 is 1.17. The van der Waals surface area contributed by atoms with Gasteiger partial charge >= 0.3 is 41.8 Å². The predicted molar refractivity (Wildman–Crippen MR) is 252 cm³/mol. The zero-order chi connectivity index (χ0) is 51.1. The van der Waals surface area contributed by atoms with Crippen LogP contribution in [0.15, 0.2) is 121 Å². The lowest BCUT2D eigenvalue weighted by Gasteiger charge is -2.46. The first kappa shape index (κ1) is 53.7. The molecule has 2 fully saturated rings. The average molecular weight is 1000 g/mol. The van der Waals surface area contributed by atoms with E-state index in [2.05, 4.69) is 0 Å². The van der Waals surface area contributed by atoms with Crippen molar-refractivity contribution in [3.05, 3.63) is 144 Å². The minimum atomic E-state index is -1.77. The number of aliphatic hydroxyl groups is 1. The van der Waals surface area contributed by atoms with Gasteiger partial charge in [0, 0.05) is 13.8 Å². The smallest absolute Gasteiger partial charge is 0.338 e. The first-order valence-corrected chi connectivity index (χ1v) is 23.8. The maximum Gasteiger partial charge on any atom is 0.338 e. The third-order valence-corrected chi connectivity index (χ3v) is 12.3. The number of carbonyl (C=O) groups excluding carboxylic acids is 7. The van der Waals surface area contributed by atoms with E-state index in [4.69, 9.17) is 47.4 Å². The van der Waals surface area contributed by atoms with Crippen LogP contribution in [0.5, 0.6) is 0 Å². The van der Waals surface area contributed by atoms with Crippen molar-refractivity contribution in [1.82, 2.24) is 0 Å². The van der Waals surface area contributed by atoms with Crippen molar-refractivity contribution < 1.29 is 86.0 Å². The van der Waals surface area contributed by atoms with Crippen molar-refractivity contribution in [3.63, 3.8) is 0 Å². The second kappa shape index (κ2) is 25.5. The summed E-state index contributed by atoms with van der Waals surface area (Å²) in [5.41, 5.74) is -1.86. The van der Waals surface area contributed by atoms with E-state index < -0.39 is 121 Å². The molecule has 2 saturated heterocycles. The minimum absolute atomic E-state index is 0.0689. The van der Waals surface area contributed by atoms with Crippen LogP contribution in [0.2, 0.25) is 0 Å². The Morgan fingerprint density at radius 3 is 1.48 bits per heavy atom. The van der Waals surface area contributed by atoms with E-state index in [1.54, 1.807) is 93.6 Å². The highest BCUT2D eigenvalue weighted by atomic mass is 32.2. The van der Waals surface area contributed by atoms with E-state index in [-0.39, 0.29) is 35.3 Å². The molecule has 10 atom stereocenters. The number of hydrogen-bond donors (Lipinski definition) is 1. The minimum Gasteiger partial charge on any atom is -0.466 e. The van der Waals surface area contributed by atoms with Crippen molar-refractivity contribution >= 4 is 53.5 Å². The number of esters is 7. The highest BCUT2D eigenvalue weighted by Gasteiger charge is 2.55. The summed E-state index contributed by atoms with van der Waals surface area (Å²) in [6.45, 7) is 5.99. The molecule has 2 aliphatic rings. The molecule has 378 valence electrons. The van der Waals surface area contributed by atoms with Crippen LogP contribution < -0.4 is 0 Å². The van der Waals surface area contributed by atoms with Crippen LogP contribution in [0.1, 0.15) is 82.5 Å². The second-order valence-corrected chi connectivity index (χ2v) is 18.3. The number of benzene rings is 4. The largest absolute Gasteiger partial charge is 0.466 e. The Labute approximate surface area is 414 Å². The van der Waals surface area contributed by atoms with Crippen LogP contribution in [0.25, 0.3) is 0 Å². The Morgan fingerprint density at radius 1 is 0.535 bits per heavy atom. The van der Waals surface area contributed by atoms with Gasteiger partial charge in [-0.15, -0.1) is 11.8 Å². The molecule has 6 rings (SSSR count). The molecule has 0 aliphatic carbocycles. The summed E-state index contributed by atoms with van der Waals surface area (Å²) in [7, 11) is 0. The SMILES string of the molecule is CCS[C@@H]1OC(CO[C@@H]2OC(COC(=O)c3ccccc3)[C@@H](OC(=O)c3ccccc3)[C@H](OC(=O)c3ccccc3)C2OC(=O)c2ccccc2)[C@@H](OC(C)=O)[C@H](O)C1OC(=O)C(C)(C)CCOC(C)=O. The van der Waals surface area contributed by atoms with E-state index >= 15 is 0 Å². The molecular formula is C52H56O18S. The summed E-state index contributed by atoms with van der Waals surface area (Å²) in [5, 5.41) is 11.9. The monoisotopic (exact) mass is 1000 g/mol. The topological polar surface area (TPSA) is 232 Å². The molecule has 0 spiro atoms. The number of hydrogen-bond acceptors (Lipinski definition) is 19. The second-order valence-electron chi connectivity index (χ2n) is 17.0. The zero-order valence-corrected chi connectivity index (χ0v) is 40.5. The van der Waals surface area contributed by atoms with Gasteiger partial charge in [0.2, 0.25) is 0 Å². The number of ether oxygens (including phenoxy) is 10. The molecule has 19 heteroatoms. The average Bonchev–Trinajstić information content (AvgIpc) is 3.36. The maximum absolute atomic E-state index is 14.1. The standard InChI is InChI=1S/C52H56O18S/c1-6-71-50-42(70-51(60)52(4,5)27-28-61-31(2)53)39(55)40(64-32(3)54)37(66-50)30-63-49-44(69-48(59)36-25-17-10-18-26-36)43(68-47(58)35-23-15-9-16-24-35)41(67-46(57)34-21-13-8-14-22-34)38(65-49)29-62-45(56)33-19-11-7-12-20-33/h7-26,37-44,49-50,55H,6,27-30H2,1-5H3/t37?,38?,39-,40+,41+,42?,43-,44?,49+,50-/m0/s1. The van der Waals surface area contributed by atoms with E-state index in [0.717, 1.165) is 6.92 Å². The van der Waals surface area contributed by atoms with Gasteiger partial charge in [-0.2, -0.15) is 0 Å². The van der Waals surface area contributed by atoms with E-state index in [1.165, 1.54) is 67.2 Å². The van der Waals surface area contributed by atoms with E-state index in [1.807, 2.05) is 0 Å². The molecule has 4 aromatic rings. The number of rotatable bonds is 20. The quantitative estimate of drug-likeness (QED) is 0.0799. The highest BCUT2D eigenvalue weighted by molar-refractivity contribution is 7.99. The molecule has 0 radical (unpaired) electrons. The summed E-state index contributed by atoms with van der Waals surface area (Å²) in [4.78, 5) is 93.2. The Kier molecular flexibility index (Phi) is 19.3. The van der Waals surface area contributed by atoms with Gasteiger partial charge < -0.3 is 52.5 Å². The number of thioether (sulfide) groups is 1. The normalized spacial score (nSPS) is 24.0. The van der Waals surface area contributed by atoms with Crippen molar-refractivity contribution in [3.8, 4) is 0 Å². The van der Waals surface area contributed by atoms with Gasteiger partial charge in [0.1, 0.15) is 30.4 Å². The molecule has 0 bridgehead atoms. The van der Waals surface area contributed by atoms with Crippen LogP contribution in [-0.2, 0) is 61.8 Å². The molecule has 18 nitrogen and oxygen atoms in total. The summed E-state index contributed by atoms with van der Waals surface area (Å²) in [6, 6.07) is 31.5. The molecule has 4 unspecified atom stereocenters. The molecule has 4 aromatic carbocycles. The van der Waals surface area contributed by atoms with Crippen molar-refractivity contribution in [2.45, 2.75) is 102 Å². The van der Waals surface area contributed by atoms with Crippen LogP contribution in [-0.4, -0.2) is 133 Å². The first-order valence-electron chi connectivity index (χ1n) is 22.8. The van der Waals surface area contributed by atoms with Crippen LogP contribution in [0.3, 0.4) is 0 Å². The van der Waals surface area contributed by atoms with E-state index in [0.29, 0.717) is 5.75 Å². The molecule has 0 aromatic heterocycles.